The summed E-state index contributed by atoms with van der Waals surface area (Å²) in [6, 6.07) is 2.09. The van der Waals surface area contributed by atoms with Crippen molar-refractivity contribution in [2.24, 2.45) is 0 Å². The molecule has 1 saturated carbocycles. The Kier molecular flexibility index (Phi) is 3.84. The molecule has 0 aliphatic heterocycles. The van der Waals surface area contributed by atoms with Crippen molar-refractivity contribution < 1.29 is 13.9 Å². The fourth-order valence-corrected chi connectivity index (χ4v) is 1.58. The second-order valence-corrected chi connectivity index (χ2v) is 4.13. The Bertz CT molecular complexity index is 362. The zero-order chi connectivity index (χ0) is 11.6. The van der Waals surface area contributed by atoms with Crippen molar-refractivity contribution in [2.75, 3.05) is 0 Å². The fourth-order valence-electron chi connectivity index (χ4n) is 1.27. The summed E-state index contributed by atoms with van der Waals surface area (Å²) in [5, 5.41) is 9.57. The highest BCUT2D eigenvalue weighted by Gasteiger charge is 2.44. The monoisotopic (exact) mass is 278 g/mol. The molecule has 1 aliphatic carbocycles. The van der Waals surface area contributed by atoms with Crippen molar-refractivity contribution >= 4 is 15.9 Å². The summed E-state index contributed by atoms with van der Waals surface area (Å²) in [4.78, 5) is 0. The molecule has 1 aliphatic rings. The van der Waals surface area contributed by atoms with Crippen LogP contribution in [0.15, 0.2) is 16.6 Å². The Balaban J connectivity index is 0.000000531. The van der Waals surface area contributed by atoms with Gasteiger partial charge in [-0.2, -0.15) is 0 Å². The quantitative estimate of drug-likeness (QED) is 0.776. The molecule has 1 aromatic rings. The number of hydrogen-bond donors (Lipinski definition) is 1. The van der Waals surface area contributed by atoms with Gasteiger partial charge in [0, 0.05) is 5.56 Å². The van der Waals surface area contributed by atoms with E-state index >= 15 is 0 Å². The summed E-state index contributed by atoms with van der Waals surface area (Å²) < 4.78 is 26.3. The van der Waals surface area contributed by atoms with E-state index in [4.69, 9.17) is 0 Å². The molecule has 15 heavy (non-hydrogen) atoms. The van der Waals surface area contributed by atoms with Crippen LogP contribution < -0.4 is 0 Å². The lowest BCUT2D eigenvalue weighted by Crippen LogP contribution is -2.08. The van der Waals surface area contributed by atoms with Crippen molar-refractivity contribution in [3.63, 3.8) is 0 Å². The van der Waals surface area contributed by atoms with Gasteiger partial charge in [-0.3, -0.25) is 0 Å². The van der Waals surface area contributed by atoms with Crippen LogP contribution in [-0.4, -0.2) is 5.11 Å². The second-order valence-electron chi connectivity index (χ2n) is 3.28. The van der Waals surface area contributed by atoms with Gasteiger partial charge in [-0.05, 0) is 40.9 Å². The lowest BCUT2D eigenvalue weighted by Gasteiger charge is -2.09. The molecule has 4 heteroatoms. The Hall–Kier alpha value is -0.480. The normalized spacial score (nSPS) is 16.7. The number of benzene rings is 1. The van der Waals surface area contributed by atoms with Gasteiger partial charge >= 0.3 is 0 Å². The third kappa shape index (κ3) is 2.55. The van der Waals surface area contributed by atoms with Gasteiger partial charge in [0.1, 0.15) is 11.6 Å². The van der Waals surface area contributed by atoms with Crippen LogP contribution in [-0.2, 0) is 5.60 Å². The van der Waals surface area contributed by atoms with E-state index in [-0.39, 0.29) is 10.0 Å². The van der Waals surface area contributed by atoms with E-state index in [0.717, 1.165) is 12.1 Å². The number of hydrogen-bond acceptors (Lipinski definition) is 1. The van der Waals surface area contributed by atoms with Crippen LogP contribution in [0.25, 0.3) is 0 Å². The van der Waals surface area contributed by atoms with Crippen LogP contribution in [0, 0.1) is 11.6 Å². The minimum Gasteiger partial charge on any atom is -0.385 e. The summed E-state index contributed by atoms with van der Waals surface area (Å²) in [6.45, 7) is 4.00. The molecule has 1 fully saturated rings. The van der Waals surface area contributed by atoms with Crippen molar-refractivity contribution in [3.05, 3.63) is 33.8 Å². The van der Waals surface area contributed by atoms with Crippen LogP contribution in [0.5, 0.6) is 0 Å². The van der Waals surface area contributed by atoms with Crippen molar-refractivity contribution in [1.82, 2.24) is 0 Å². The number of aliphatic hydroxyl groups is 1. The molecule has 0 radical (unpaired) electrons. The molecule has 84 valence electrons. The van der Waals surface area contributed by atoms with Crippen LogP contribution >= 0.6 is 15.9 Å². The molecule has 2 rings (SSSR count). The minimum absolute atomic E-state index is 0.0631. The van der Waals surface area contributed by atoms with Gasteiger partial charge in [-0.25, -0.2) is 8.78 Å². The standard InChI is InChI=1S/C9H7BrF2O.C2H6/c10-6-4-7(11)5(3-8(6)12)9(13)1-2-9;1-2/h3-4,13H,1-2H2;1-2H3. The summed E-state index contributed by atoms with van der Waals surface area (Å²) in [5.74, 6) is -1.11. The van der Waals surface area contributed by atoms with Gasteiger partial charge in [0.2, 0.25) is 0 Å². The smallest absolute Gasteiger partial charge is 0.137 e. The van der Waals surface area contributed by atoms with E-state index in [1.54, 1.807) is 0 Å². The maximum Gasteiger partial charge on any atom is 0.137 e. The highest BCUT2D eigenvalue weighted by Crippen LogP contribution is 2.46. The third-order valence-electron chi connectivity index (χ3n) is 2.23. The fraction of sp³-hybridized carbons (Fsp3) is 0.455. The Labute approximate surface area is 96.2 Å². The topological polar surface area (TPSA) is 20.2 Å². The zero-order valence-electron chi connectivity index (χ0n) is 8.65. The molecule has 1 N–H and O–H groups in total. The molecule has 0 bridgehead atoms. The molecular formula is C11H13BrF2O. The molecular weight excluding hydrogens is 266 g/mol. The first kappa shape index (κ1) is 12.6. The van der Waals surface area contributed by atoms with Crippen molar-refractivity contribution in [1.29, 1.82) is 0 Å². The first-order valence-corrected chi connectivity index (χ1v) is 5.70. The van der Waals surface area contributed by atoms with Gasteiger partial charge in [0.05, 0.1) is 10.1 Å². The van der Waals surface area contributed by atoms with Crippen LogP contribution in [0.2, 0.25) is 0 Å². The molecule has 0 atom stereocenters. The maximum absolute atomic E-state index is 13.2. The molecule has 0 unspecified atom stereocenters. The summed E-state index contributed by atoms with van der Waals surface area (Å²) >= 11 is 2.87. The average molecular weight is 279 g/mol. The summed E-state index contributed by atoms with van der Waals surface area (Å²) in [6.07, 6.45) is 1.01. The maximum atomic E-state index is 13.2. The first-order chi connectivity index (χ1) is 7.03. The van der Waals surface area contributed by atoms with E-state index in [9.17, 15) is 13.9 Å². The van der Waals surface area contributed by atoms with Crippen LogP contribution in [0.3, 0.4) is 0 Å². The highest BCUT2D eigenvalue weighted by atomic mass is 79.9. The predicted molar refractivity (Wildman–Crippen MR) is 58.5 cm³/mol. The molecule has 1 aromatic carbocycles. The number of rotatable bonds is 1. The minimum atomic E-state index is -1.12. The zero-order valence-corrected chi connectivity index (χ0v) is 10.2. The molecule has 1 nitrogen and oxygen atoms in total. The molecule has 0 saturated heterocycles. The Morgan fingerprint density at radius 3 is 2.20 bits per heavy atom. The Morgan fingerprint density at radius 2 is 1.73 bits per heavy atom. The Morgan fingerprint density at radius 1 is 1.20 bits per heavy atom. The van der Waals surface area contributed by atoms with E-state index < -0.39 is 17.2 Å². The lowest BCUT2D eigenvalue weighted by molar-refractivity contribution is 0.146. The molecule has 0 aromatic heterocycles. The largest absolute Gasteiger partial charge is 0.385 e. The predicted octanol–water partition coefficient (Wildman–Crippen LogP) is 3.73. The number of halogens is 3. The third-order valence-corrected chi connectivity index (χ3v) is 2.84. The SMILES string of the molecule is CC.OC1(c2cc(F)c(Br)cc2F)CC1. The first-order valence-electron chi connectivity index (χ1n) is 4.90. The van der Waals surface area contributed by atoms with Gasteiger partial charge in [0.15, 0.2) is 0 Å². The van der Waals surface area contributed by atoms with Gasteiger partial charge in [-0.1, -0.05) is 13.8 Å². The highest BCUT2D eigenvalue weighted by molar-refractivity contribution is 9.10. The van der Waals surface area contributed by atoms with Gasteiger partial charge < -0.3 is 5.11 Å². The van der Waals surface area contributed by atoms with Crippen molar-refractivity contribution in [2.45, 2.75) is 32.3 Å². The summed E-state index contributed by atoms with van der Waals surface area (Å²) in [5.41, 5.74) is -1.06. The van der Waals surface area contributed by atoms with Crippen LogP contribution in [0.1, 0.15) is 32.3 Å². The van der Waals surface area contributed by atoms with E-state index in [0.29, 0.717) is 12.8 Å². The molecule has 0 amide bonds. The van der Waals surface area contributed by atoms with E-state index in [2.05, 4.69) is 15.9 Å². The molecule has 0 heterocycles. The van der Waals surface area contributed by atoms with Crippen LogP contribution in [0.4, 0.5) is 8.78 Å². The average Bonchev–Trinajstić information content (AvgIpc) is 2.94. The molecule has 0 spiro atoms. The summed E-state index contributed by atoms with van der Waals surface area (Å²) in [7, 11) is 0. The van der Waals surface area contributed by atoms with Gasteiger partial charge in [-0.15, -0.1) is 0 Å². The van der Waals surface area contributed by atoms with Crippen molar-refractivity contribution in [3.8, 4) is 0 Å². The van der Waals surface area contributed by atoms with Gasteiger partial charge in [0.25, 0.3) is 0 Å². The second kappa shape index (κ2) is 4.58. The van der Waals surface area contributed by atoms with E-state index in [1.165, 1.54) is 0 Å². The van der Waals surface area contributed by atoms with E-state index in [1.807, 2.05) is 13.8 Å². The lowest BCUT2D eigenvalue weighted by atomic mass is 10.1.